The van der Waals surface area contributed by atoms with Gasteiger partial charge in [-0.1, -0.05) is 0 Å². The highest BCUT2D eigenvalue weighted by Crippen LogP contribution is 2.20. The zero-order chi connectivity index (χ0) is 9.10. The Morgan fingerprint density at radius 1 is 1.23 bits per heavy atom. The van der Waals surface area contributed by atoms with Crippen LogP contribution in [0.4, 0.5) is 4.39 Å². The fourth-order valence-electron chi connectivity index (χ4n) is 2.50. The molecule has 3 heteroatoms. The summed E-state index contributed by atoms with van der Waals surface area (Å²) in [4.78, 5) is 2.41. The number of rotatable bonds is 3. The van der Waals surface area contributed by atoms with Gasteiger partial charge in [0.1, 0.15) is 0 Å². The van der Waals surface area contributed by atoms with Crippen molar-refractivity contribution < 1.29 is 4.39 Å². The molecule has 76 valence electrons. The second-order valence-electron chi connectivity index (χ2n) is 4.27. The summed E-state index contributed by atoms with van der Waals surface area (Å²) in [6, 6.07) is 1.44. The molecule has 0 aliphatic carbocycles. The van der Waals surface area contributed by atoms with E-state index in [0.717, 1.165) is 25.7 Å². The molecule has 2 fully saturated rings. The van der Waals surface area contributed by atoms with Gasteiger partial charge >= 0.3 is 0 Å². The Labute approximate surface area is 79.5 Å². The van der Waals surface area contributed by atoms with E-state index in [1.54, 1.807) is 0 Å². The molecule has 13 heavy (non-hydrogen) atoms. The van der Waals surface area contributed by atoms with Crippen molar-refractivity contribution in [1.29, 1.82) is 0 Å². The summed E-state index contributed by atoms with van der Waals surface area (Å²) in [5.74, 6) is 0. The first kappa shape index (κ1) is 9.41. The predicted molar refractivity (Wildman–Crippen MR) is 51.6 cm³/mol. The molecule has 0 aromatic carbocycles. The Balaban J connectivity index is 1.79. The molecule has 0 radical (unpaired) electrons. The largest absolute Gasteiger partial charge is 0.310 e. The van der Waals surface area contributed by atoms with E-state index in [1.807, 2.05) is 0 Å². The van der Waals surface area contributed by atoms with Crippen LogP contribution in [0, 0.1) is 0 Å². The first-order valence-electron chi connectivity index (χ1n) is 5.43. The van der Waals surface area contributed by atoms with Crippen LogP contribution in [0.15, 0.2) is 0 Å². The van der Waals surface area contributed by atoms with Crippen LogP contribution in [0.5, 0.6) is 0 Å². The topological polar surface area (TPSA) is 15.3 Å². The Kier molecular flexibility index (Phi) is 3.17. The lowest BCUT2D eigenvalue weighted by Crippen LogP contribution is -2.35. The van der Waals surface area contributed by atoms with Gasteiger partial charge in [0.2, 0.25) is 0 Å². The van der Waals surface area contributed by atoms with Crippen molar-refractivity contribution in [2.45, 2.75) is 37.8 Å². The molecule has 0 saturated carbocycles. The van der Waals surface area contributed by atoms with Crippen molar-refractivity contribution in [1.82, 2.24) is 10.2 Å². The van der Waals surface area contributed by atoms with Gasteiger partial charge < -0.3 is 10.2 Å². The molecule has 0 aromatic rings. The van der Waals surface area contributed by atoms with Gasteiger partial charge in [-0.3, -0.25) is 4.39 Å². The Morgan fingerprint density at radius 3 is 2.92 bits per heavy atom. The predicted octanol–water partition coefficient (Wildman–Crippen LogP) is 1.17. The fraction of sp³-hybridized carbons (Fsp3) is 1.00. The van der Waals surface area contributed by atoms with Gasteiger partial charge in [0.25, 0.3) is 0 Å². The average Bonchev–Trinajstić information content (AvgIpc) is 2.45. The van der Waals surface area contributed by atoms with Crippen molar-refractivity contribution in [3.63, 3.8) is 0 Å². The molecule has 2 aliphatic heterocycles. The van der Waals surface area contributed by atoms with E-state index in [4.69, 9.17) is 0 Å². The van der Waals surface area contributed by atoms with Crippen molar-refractivity contribution in [3.05, 3.63) is 0 Å². The van der Waals surface area contributed by atoms with Gasteiger partial charge in [-0.15, -0.1) is 0 Å². The number of fused-ring (bicyclic) bond motifs is 2. The van der Waals surface area contributed by atoms with E-state index in [2.05, 4.69) is 10.2 Å². The highest BCUT2D eigenvalue weighted by molar-refractivity contribution is 4.89. The number of nitrogens with one attached hydrogen (secondary N) is 1. The standard InChI is InChI=1S/C10H19FN2/c11-5-1-6-13-7-4-9-2-3-10(8-13)12-9/h9-10,12H,1-8H2. The van der Waals surface area contributed by atoms with Gasteiger partial charge in [-0.05, 0) is 32.2 Å². The van der Waals surface area contributed by atoms with E-state index < -0.39 is 0 Å². The van der Waals surface area contributed by atoms with Crippen LogP contribution in [-0.4, -0.2) is 43.3 Å². The van der Waals surface area contributed by atoms with Gasteiger partial charge in [0, 0.05) is 25.2 Å². The quantitative estimate of drug-likeness (QED) is 0.712. The third-order valence-corrected chi connectivity index (χ3v) is 3.22. The van der Waals surface area contributed by atoms with Gasteiger partial charge in [-0.25, -0.2) is 0 Å². The minimum atomic E-state index is -0.169. The zero-order valence-electron chi connectivity index (χ0n) is 8.14. The molecule has 2 nitrogen and oxygen atoms in total. The average molecular weight is 186 g/mol. The normalized spacial score (nSPS) is 34.8. The molecular weight excluding hydrogens is 167 g/mol. The highest BCUT2D eigenvalue weighted by Gasteiger charge is 2.28. The lowest BCUT2D eigenvalue weighted by molar-refractivity contribution is 0.246. The van der Waals surface area contributed by atoms with Gasteiger partial charge in [0.05, 0.1) is 6.67 Å². The number of alkyl halides is 1. The summed E-state index contributed by atoms with van der Waals surface area (Å²) < 4.78 is 12.0. The molecular formula is C10H19FN2. The second-order valence-corrected chi connectivity index (χ2v) is 4.27. The maximum atomic E-state index is 12.0. The number of hydrogen-bond acceptors (Lipinski definition) is 2. The minimum absolute atomic E-state index is 0.169. The summed E-state index contributed by atoms with van der Waals surface area (Å²) in [5.41, 5.74) is 0. The summed E-state index contributed by atoms with van der Waals surface area (Å²) in [7, 11) is 0. The SMILES string of the molecule is FCCCN1CCC2CCC(C1)N2. The number of hydrogen-bond donors (Lipinski definition) is 1. The summed E-state index contributed by atoms with van der Waals surface area (Å²) in [6.45, 7) is 3.07. The third-order valence-electron chi connectivity index (χ3n) is 3.22. The van der Waals surface area contributed by atoms with Gasteiger partial charge in [-0.2, -0.15) is 0 Å². The first-order chi connectivity index (χ1) is 6.38. The maximum absolute atomic E-state index is 12.0. The Morgan fingerprint density at radius 2 is 2.08 bits per heavy atom. The van der Waals surface area contributed by atoms with Crippen LogP contribution < -0.4 is 5.32 Å². The fourth-order valence-corrected chi connectivity index (χ4v) is 2.50. The lowest BCUT2D eigenvalue weighted by Gasteiger charge is -2.23. The molecule has 0 spiro atoms. The highest BCUT2D eigenvalue weighted by atomic mass is 19.1. The second kappa shape index (κ2) is 4.38. The molecule has 2 unspecified atom stereocenters. The van der Waals surface area contributed by atoms with Crippen molar-refractivity contribution in [3.8, 4) is 0 Å². The van der Waals surface area contributed by atoms with Crippen LogP contribution in [0.1, 0.15) is 25.7 Å². The molecule has 0 aromatic heterocycles. The van der Waals surface area contributed by atoms with E-state index in [0.29, 0.717) is 12.5 Å². The first-order valence-corrected chi connectivity index (χ1v) is 5.43. The molecule has 2 rings (SSSR count). The van der Waals surface area contributed by atoms with Crippen LogP contribution in [-0.2, 0) is 0 Å². The van der Waals surface area contributed by atoms with Gasteiger partial charge in [0.15, 0.2) is 0 Å². The minimum Gasteiger partial charge on any atom is -0.310 e. The van der Waals surface area contributed by atoms with Crippen molar-refractivity contribution >= 4 is 0 Å². The molecule has 2 atom stereocenters. The van der Waals surface area contributed by atoms with Crippen molar-refractivity contribution in [2.75, 3.05) is 26.3 Å². The monoisotopic (exact) mass is 186 g/mol. The van der Waals surface area contributed by atoms with E-state index >= 15 is 0 Å². The van der Waals surface area contributed by atoms with Crippen molar-refractivity contribution in [2.24, 2.45) is 0 Å². The smallest absolute Gasteiger partial charge is 0.0906 e. The molecule has 2 heterocycles. The molecule has 2 saturated heterocycles. The van der Waals surface area contributed by atoms with Crippen LogP contribution in [0.3, 0.4) is 0 Å². The molecule has 2 bridgehead atoms. The number of likely N-dealkylation sites (tertiary alicyclic amines) is 1. The van der Waals surface area contributed by atoms with E-state index in [-0.39, 0.29) is 6.67 Å². The molecule has 2 aliphatic rings. The Hall–Kier alpha value is -0.150. The summed E-state index contributed by atoms with van der Waals surface area (Å²) >= 11 is 0. The van der Waals surface area contributed by atoms with Crippen LogP contribution in [0.25, 0.3) is 0 Å². The van der Waals surface area contributed by atoms with E-state index in [1.165, 1.54) is 19.3 Å². The maximum Gasteiger partial charge on any atom is 0.0906 e. The number of halogens is 1. The van der Waals surface area contributed by atoms with Crippen LogP contribution >= 0.6 is 0 Å². The van der Waals surface area contributed by atoms with Crippen LogP contribution in [0.2, 0.25) is 0 Å². The number of nitrogens with zero attached hydrogens (tertiary/aromatic N) is 1. The van der Waals surface area contributed by atoms with E-state index in [9.17, 15) is 4.39 Å². The molecule has 0 amide bonds. The molecule has 1 N–H and O–H groups in total. The lowest BCUT2D eigenvalue weighted by atomic mass is 10.1. The third kappa shape index (κ3) is 2.41. The zero-order valence-corrected chi connectivity index (χ0v) is 8.14. The summed E-state index contributed by atoms with van der Waals surface area (Å²) in [6.07, 6.45) is 4.62. The summed E-state index contributed by atoms with van der Waals surface area (Å²) in [5, 5.41) is 3.62. The Bertz CT molecular complexity index is 163.